The van der Waals surface area contributed by atoms with Crippen molar-refractivity contribution in [2.75, 3.05) is 0 Å². The Hall–Kier alpha value is -2.70. The molecule has 2 aromatic rings. The van der Waals surface area contributed by atoms with Gasteiger partial charge in [-0.1, -0.05) is 30.3 Å². The van der Waals surface area contributed by atoms with Crippen molar-refractivity contribution in [3.8, 4) is 0 Å². The van der Waals surface area contributed by atoms with Crippen LogP contribution in [0.4, 0.5) is 5.69 Å². The van der Waals surface area contributed by atoms with Gasteiger partial charge < -0.3 is 5.32 Å². The first kappa shape index (κ1) is 15.2. The zero-order valence-corrected chi connectivity index (χ0v) is 12.6. The monoisotopic (exact) mass is 314 g/mol. The first-order valence-electron chi connectivity index (χ1n) is 7.62. The van der Waals surface area contributed by atoms with Gasteiger partial charge in [0.1, 0.15) is 12.4 Å². The van der Waals surface area contributed by atoms with Crippen LogP contribution in [0.25, 0.3) is 0 Å². The number of benzene rings is 1. The Labute approximate surface area is 133 Å². The number of aromatic nitrogens is 2. The molecule has 1 aliphatic carbocycles. The maximum absolute atomic E-state index is 12.1. The van der Waals surface area contributed by atoms with Crippen LogP contribution in [0, 0.1) is 10.1 Å². The Morgan fingerprint density at radius 1 is 1.35 bits per heavy atom. The predicted octanol–water partition coefficient (Wildman–Crippen LogP) is 2.38. The number of rotatable bonds is 7. The molecule has 0 saturated heterocycles. The number of nitrogens with one attached hydrogen (secondary N) is 1. The van der Waals surface area contributed by atoms with Crippen LogP contribution in [0.5, 0.6) is 0 Å². The Morgan fingerprint density at radius 2 is 2.09 bits per heavy atom. The Kier molecular flexibility index (Phi) is 4.10. The van der Waals surface area contributed by atoms with Crippen LogP contribution in [0.2, 0.25) is 0 Å². The standard InChI is InChI=1S/C16H18N4O3/c21-15(7-4-10-19-12-14(11-17-19)20(22)23)18-16(8-9-16)13-5-2-1-3-6-13/h1-3,5-6,11-12H,4,7-10H2,(H,18,21). The molecule has 0 bridgehead atoms. The van der Waals surface area contributed by atoms with E-state index in [1.807, 2.05) is 30.3 Å². The second kappa shape index (κ2) is 6.20. The normalized spacial score (nSPS) is 15.1. The van der Waals surface area contributed by atoms with Crippen molar-refractivity contribution < 1.29 is 9.72 Å². The molecule has 1 N–H and O–H groups in total. The first-order chi connectivity index (χ1) is 11.1. The molecule has 1 aliphatic rings. The highest BCUT2D eigenvalue weighted by Gasteiger charge is 2.45. The summed E-state index contributed by atoms with van der Waals surface area (Å²) >= 11 is 0. The van der Waals surface area contributed by atoms with Crippen LogP contribution >= 0.6 is 0 Å². The molecular formula is C16H18N4O3. The highest BCUT2D eigenvalue weighted by atomic mass is 16.6. The second-order valence-electron chi connectivity index (χ2n) is 5.82. The molecule has 0 radical (unpaired) electrons. The van der Waals surface area contributed by atoms with Crippen LogP contribution in [-0.2, 0) is 16.9 Å². The summed E-state index contributed by atoms with van der Waals surface area (Å²) in [6, 6.07) is 10.00. The summed E-state index contributed by atoms with van der Waals surface area (Å²) in [5.41, 5.74) is 0.926. The third-order valence-corrected chi connectivity index (χ3v) is 4.08. The summed E-state index contributed by atoms with van der Waals surface area (Å²) in [4.78, 5) is 22.2. The van der Waals surface area contributed by atoms with Crippen LogP contribution in [0.15, 0.2) is 42.7 Å². The molecule has 0 unspecified atom stereocenters. The van der Waals surface area contributed by atoms with Gasteiger partial charge in [-0.25, -0.2) is 0 Å². The van der Waals surface area contributed by atoms with Crippen LogP contribution in [0.1, 0.15) is 31.2 Å². The largest absolute Gasteiger partial charge is 0.347 e. The van der Waals surface area contributed by atoms with E-state index in [0.29, 0.717) is 19.4 Å². The van der Waals surface area contributed by atoms with Crippen molar-refractivity contribution in [1.29, 1.82) is 0 Å². The second-order valence-corrected chi connectivity index (χ2v) is 5.82. The van der Waals surface area contributed by atoms with Crippen LogP contribution in [-0.4, -0.2) is 20.6 Å². The van der Waals surface area contributed by atoms with E-state index in [1.165, 1.54) is 17.1 Å². The molecule has 1 heterocycles. The molecule has 7 nitrogen and oxygen atoms in total. The summed E-state index contributed by atoms with van der Waals surface area (Å²) in [6.45, 7) is 0.486. The zero-order chi connectivity index (χ0) is 16.3. The summed E-state index contributed by atoms with van der Waals surface area (Å²) in [7, 11) is 0. The van der Waals surface area contributed by atoms with E-state index in [4.69, 9.17) is 0 Å². The predicted molar refractivity (Wildman–Crippen MR) is 83.6 cm³/mol. The molecule has 0 atom stereocenters. The molecule has 1 aromatic carbocycles. The minimum atomic E-state index is -0.479. The number of nitrogens with zero attached hydrogens (tertiary/aromatic N) is 3. The van der Waals surface area contributed by atoms with Crippen LogP contribution in [0.3, 0.4) is 0 Å². The van der Waals surface area contributed by atoms with Gasteiger partial charge in [0, 0.05) is 13.0 Å². The van der Waals surface area contributed by atoms with Gasteiger partial charge in [-0.05, 0) is 24.8 Å². The molecular weight excluding hydrogens is 296 g/mol. The van der Waals surface area contributed by atoms with E-state index >= 15 is 0 Å². The molecule has 3 rings (SSSR count). The van der Waals surface area contributed by atoms with Gasteiger partial charge in [-0.3, -0.25) is 19.6 Å². The third-order valence-electron chi connectivity index (χ3n) is 4.08. The highest BCUT2D eigenvalue weighted by Crippen LogP contribution is 2.45. The van der Waals surface area contributed by atoms with Crippen molar-refractivity contribution >= 4 is 11.6 Å². The zero-order valence-electron chi connectivity index (χ0n) is 12.6. The number of hydrogen-bond donors (Lipinski definition) is 1. The highest BCUT2D eigenvalue weighted by molar-refractivity contribution is 5.77. The quantitative estimate of drug-likeness (QED) is 0.627. The van der Waals surface area contributed by atoms with Crippen LogP contribution < -0.4 is 5.32 Å². The van der Waals surface area contributed by atoms with Crippen molar-refractivity contribution in [2.45, 2.75) is 37.8 Å². The van der Waals surface area contributed by atoms with Gasteiger partial charge in [-0.2, -0.15) is 5.10 Å². The Bertz CT molecular complexity index is 707. The molecule has 1 aromatic heterocycles. The van der Waals surface area contributed by atoms with E-state index in [-0.39, 0.29) is 17.1 Å². The molecule has 1 saturated carbocycles. The lowest BCUT2D eigenvalue weighted by Gasteiger charge is -2.18. The Morgan fingerprint density at radius 3 is 2.70 bits per heavy atom. The fourth-order valence-corrected chi connectivity index (χ4v) is 2.67. The molecule has 0 aliphatic heterocycles. The van der Waals surface area contributed by atoms with Gasteiger partial charge in [0.25, 0.3) is 0 Å². The molecule has 1 amide bonds. The maximum atomic E-state index is 12.1. The first-order valence-corrected chi connectivity index (χ1v) is 7.62. The van der Waals surface area contributed by atoms with Crippen molar-refractivity contribution in [3.63, 3.8) is 0 Å². The van der Waals surface area contributed by atoms with E-state index in [9.17, 15) is 14.9 Å². The summed E-state index contributed by atoms with van der Waals surface area (Å²) in [5, 5.41) is 17.6. The average molecular weight is 314 g/mol. The lowest BCUT2D eigenvalue weighted by Crippen LogP contribution is -2.34. The van der Waals surface area contributed by atoms with Gasteiger partial charge in [0.05, 0.1) is 10.5 Å². The van der Waals surface area contributed by atoms with E-state index in [2.05, 4.69) is 10.4 Å². The third kappa shape index (κ3) is 3.56. The van der Waals surface area contributed by atoms with E-state index in [0.717, 1.165) is 18.4 Å². The van der Waals surface area contributed by atoms with Gasteiger partial charge in [0.2, 0.25) is 5.91 Å². The fourth-order valence-electron chi connectivity index (χ4n) is 2.67. The Balaban J connectivity index is 1.47. The van der Waals surface area contributed by atoms with E-state index < -0.39 is 4.92 Å². The molecule has 0 spiro atoms. The molecule has 7 heteroatoms. The summed E-state index contributed by atoms with van der Waals surface area (Å²) in [6.07, 6.45) is 5.50. The number of carbonyl (C=O) groups excluding carboxylic acids is 1. The number of nitro groups is 1. The topological polar surface area (TPSA) is 90.1 Å². The molecule has 120 valence electrons. The lowest BCUT2D eigenvalue weighted by atomic mass is 10.0. The summed E-state index contributed by atoms with van der Waals surface area (Å²) < 4.78 is 1.50. The SMILES string of the molecule is O=C(CCCn1cc([N+](=O)[O-])cn1)NC1(c2ccccc2)CC1. The fraction of sp³-hybridized carbons (Fsp3) is 0.375. The minimum Gasteiger partial charge on any atom is -0.347 e. The molecule has 1 fully saturated rings. The number of hydrogen-bond acceptors (Lipinski definition) is 4. The number of aryl methyl sites for hydroxylation is 1. The smallest absolute Gasteiger partial charge is 0.306 e. The van der Waals surface area contributed by atoms with Gasteiger partial charge in [-0.15, -0.1) is 0 Å². The lowest BCUT2D eigenvalue weighted by molar-refractivity contribution is -0.385. The number of amides is 1. The van der Waals surface area contributed by atoms with E-state index in [1.54, 1.807) is 0 Å². The molecule has 23 heavy (non-hydrogen) atoms. The summed E-state index contributed by atoms with van der Waals surface area (Å²) in [5.74, 6) is 0.00742. The minimum absolute atomic E-state index is 0.00742. The van der Waals surface area contributed by atoms with Crippen molar-refractivity contribution in [1.82, 2.24) is 15.1 Å². The number of carbonyl (C=O) groups is 1. The average Bonchev–Trinajstić information content (AvgIpc) is 3.16. The van der Waals surface area contributed by atoms with Crippen molar-refractivity contribution in [3.05, 3.63) is 58.4 Å². The maximum Gasteiger partial charge on any atom is 0.306 e. The van der Waals surface area contributed by atoms with Gasteiger partial charge in [0.15, 0.2) is 0 Å². The van der Waals surface area contributed by atoms with Gasteiger partial charge >= 0.3 is 5.69 Å². The van der Waals surface area contributed by atoms with Crippen molar-refractivity contribution in [2.24, 2.45) is 0 Å².